The van der Waals surface area contributed by atoms with Crippen molar-refractivity contribution in [2.24, 2.45) is 0 Å². The lowest BCUT2D eigenvalue weighted by Gasteiger charge is -2.14. The summed E-state index contributed by atoms with van der Waals surface area (Å²) >= 11 is 3.52. The summed E-state index contributed by atoms with van der Waals surface area (Å²) in [6.07, 6.45) is -9.28. The minimum absolute atomic E-state index is 0.301. The van der Waals surface area contributed by atoms with Crippen molar-refractivity contribution in [3.05, 3.63) is 35.0 Å². The molecule has 0 saturated heterocycles. The van der Waals surface area contributed by atoms with E-state index in [0.717, 1.165) is 11.3 Å². The molecule has 2 nitrogen and oxygen atoms in total. The number of alkyl halides is 6. The lowest BCUT2D eigenvalue weighted by atomic mass is 10.3. The van der Waals surface area contributed by atoms with Gasteiger partial charge in [0.25, 0.3) is 0 Å². The number of thiophene rings is 3. The second-order valence-electron chi connectivity index (χ2n) is 5.18. The highest BCUT2D eigenvalue weighted by atomic mass is 32.1. The molecule has 0 fully saturated rings. The molecule has 0 unspecified atom stereocenters. The SMILES string of the molecule is FC(F)(F)COc1c(-c2cccs2)sc(-c2cccs2)c1OCC(F)(F)F. The van der Waals surface area contributed by atoms with Crippen LogP contribution in [0.15, 0.2) is 35.0 Å². The van der Waals surface area contributed by atoms with Gasteiger partial charge in [-0.2, -0.15) is 26.3 Å². The van der Waals surface area contributed by atoms with Gasteiger partial charge in [0.05, 0.1) is 9.75 Å². The van der Waals surface area contributed by atoms with Gasteiger partial charge in [-0.1, -0.05) is 12.1 Å². The Morgan fingerprint density at radius 3 is 1.41 bits per heavy atom. The summed E-state index contributed by atoms with van der Waals surface area (Å²) in [6.45, 7) is -3.26. The van der Waals surface area contributed by atoms with Crippen LogP contribution in [0.3, 0.4) is 0 Å². The van der Waals surface area contributed by atoms with E-state index in [1.165, 1.54) is 22.7 Å². The van der Waals surface area contributed by atoms with Crippen LogP contribution in [-0.4, -0.2) is 25.6 Å². The van der Waals surface area contributed by atoms with Gasteiger partial charge in [0, 0.05) is 9.75 Å². The topological polar surface area (TPSA) is 18.5 Å². The smallest absolute Gasteiger partial charge is 0.422 e. The zero-order chi connectivity index (χ0) is 19.7. The second kappa shape index (κ2) is 7.72. The summed E-state index contributed by atoms with van der Waals surface area (Å²) in [5.74, 6) is -0.653. The van der Waals surface area contributed by atoms with Crippen molar-refractivity contribution in [2.75, 3.05) is 13.2 Å². The van der Waals surface area contributed by atoms with Gasteiger partial charge >= 0.3 is 12.4 Å². The third-order valence-electron chi connectivity index (χ3n) is 3.07. The van der Waals surface area contributed by atoms with Crippen LogP contribution in [0.2, 0.25) is 0 Å². The van der Waals surface area contributed by atoms with Crippen molar-refractivity contribution in [3.8, 4) is 31.0 Å². The minimum atomic E-state index is -4.64. The Kier molecular flexibility index (Phi) is 5.73. The molecule has 0 aromatic carbocycles. The van der Waals surface area contributed by atoms with Gasteiger partial charge in [-0.25, -0.2) is 0 Å². The van der Waals surface area contributed by atoms with Gasteiger partial charge in [0.15, 0.2) is 24.7 Å². The summed E-state index contributed by atoms with van der Waals surface area (Å²) in [5.41, 5.74) is 0. The first-order valence-electron chi connectivity index (χ1n) is 7.28. The van der Waals surface area contributed by atoms with Crippen LogP contribution in [0.1, 0.15) is 0 Å². The molecular formula is C16H10F6O2S3. The molecule has 0 aliphatic heterocycles. The van der Waals surface area contributed by atoms with E-state index < -0.39 is 25.6 Å². The molecule has 0 radical (unpaired) electrons. The van der Waals surface area contributed by atoms with Crippen molar-refractivity contribution in [1.82, 2.24) is 0 Å². The lowest BCUT2D eigenvalue weighted by molar-refractivity contribution is -0.158. The van der Waals surface area contributed by atoms with Gasteiger partial charge in [-0.05, 0) is 22.9 Å². The van der Waals surface area contributed by atoms with Crippen LogP contribution >= 0.6 is 34.0 Å². The average Bonchev–Trinajstić information content (AvgIpc) is 3.28. The molecule has 0 N–H and O–H groups in total. The zero-order valence-electron chi connectivity index (χ0n) is 13.2. The zero-order valence-corrected chi connectivity index (χ0v) is 15.6. The van der Waals surface area contributed by atoms with E-state index in [1.807, 2.05) is 0 Å². The molecule has 0 spiro atoms. The molecule has 0 bridgehead atoms. The Morgan fingerprint density at radius 2 is 1.11 bits per heavy atom. The predicted molar refractivity (Wildman–Crippen MR) is 94.0 cm³/mol. The Hall–Kier alpha value is -1.72. The molecule has 0 aliphatic rings. The molecule has 27 heavy (non-hydrogen) atoms. The van der Waals surface area contributed by atoms with Crippen molar-refractivity contribution < 1.29 is 35.8 Å². The molecule has 0 saturated carbocycles. The highest BCUT2D eigenvalue weighted by Crippen LogP contribution is 2.54. The van der Waals surface area contributed by atoms with Gasteiger partial charge in [0.2, 0.25) is 0 Å². The maximum absolute atomic E-state index is 12.7. The van der Waals surface area contributed by atoms with Gasteiger partial charge in [0.1, 0.15) is 0 Å². The Labute approximate surface area is 161 Å². The maximum atomic E-state index is 12.7. The third kappa shape index (κ3) is 5.17. The van der Waals surface area contributed by atoms with E-state index in [0.29, 0.717) is 19.5 Å². The van der Waals surface area contributed by atoms with Crippen molar-refractivity contribution in [1.29, 1.82) is 0 Å². The lowest BCUT2D eigenvalue weighted by Crippen LogP contribution is -2.21. The van der Waals surface area contributed by atoms with E-state index in [-0.39, 0.29) is 11.5 Å². The monoisotopic (exact) mass is 444 g/mol. The largest absolute Gasteiger partial charge is 0.479 e. The molecule has 3 rings (SSSR count). The number of hydrogen-bond donors (Lipinski definition) is 0. The predicted octanol–water partition coefficient (Wildman–Crippen LogP) is 7.09. The fraction of sp³-hybridized carbons (Fsp3) is 0.250. The number of hydrogen-bond acceptors (Lipinski definition) is 5. The Bertz CT molecular complexity index is 793. The quantitative estimate of drug-likeness (QED) is 0.378. The molecule has 3 heterocycles. The maximum Gasteiger partial charge on any atom is 0.422 e. The van der Waals surface area contributed by atoms with Gasteiger partial charge < -0.3 is 9.47 Å². The fourth-order valence-corrected chi connectivity index (χ4v) is 5.00. The number of ether oxygens (including phenoxy) is 2. The van der Waals surface area contributed by atoms with Crippen LogP contribution in [0.5, 0.6) is 11.5 Å². The fourth-order valence-electron chi connectivity index (χ4n) is 2.11. The van der Waals surface area contributed by atoms with E-state index in [1.54, 1.807) is 35.0 Å². The van der Waals surface area contributed by atoms with E-state index in [9.17, 15) is 26.3 Å². The first-order valence-corrected chi connectivity index (χ1v) is 9.85. The Balaban J connectivity index is 2.09. The molecule has 11 heteroatoms. The van der Waals surface area contributed by atoms with Crippen LogP contribution < -0.4 is 9.47 Å². The van der Waals surface area contributed by atoms with E-state index in [4.69, 9.17) is 9.47 Å². The summed E-state index contributed by atoms with van der Waals surface area (Å²) in [4.78, 5) is 1.76. The second-order valence-corrected chi connectivity index (χ2v) is 8.10. The molecular weight excluding hydrogens is 434 g/mol. The standard InChI is InChI=1S/C16H10F6O2S3/c17-15(18,19)7-23-11-12(24-8-16(20,21)22)14(10-4-2-6-26-10)27-13(11)9-3-1-5-25-9/h1-6H,7-8H2. The molecule has 0 aliphatic carbocycles. The van der Waals surface area contributed by atoms with Crippen molar-refractivity contribution in [2.45, 2.75) is 12.4 Å². The van der Waals surface area contributed by atoms with Crippen LogP contribution in [-0.2, 0) is 0 Å². The summed E-state index contributed by atoms with van der Waals surface area (Å²) in [7, 11) is 0. The highest BCUT2D eigenvalue weighted by Gasteiger charge is 2.34. The van der Waals surface area contributed by atoms with Crippen LogP contribution in [0.4, 0.5) is 26.3 Å². The van der Waals surface area contributed by atoms with E-state index in [2.05, 4.69) is 0 Å². The number of rotatable bonds is 6. The molecule has 0 amide bonds. The van der Waals surface area contributed by atoms with Gasteiger partial charge in [-0.15, -0.1) is 34.0 Å². The molecule has 146 valence electrons. The highest BCUT2D eigenvalue weighted by molar-refractivity contribution is 7.26. The normalized spacial score (nSPS) is 12.4. The van der Waals surface area contributed by atoms with Crippen molar-refractivity contribution in [3.63, 3.8) is 0 Å². The van der Waals surface area contributed by atoms with E-state index >= 15 is 0 Å². The van der Waals surface area contributed by atoms with Crippen LogP contribution in [0.25, 0.3) is 19.5 Å². The first kappa shape index (κ1) is 20.0. The van der Waals surface area contributed by atoms with Crippen LogP contribution in [0, 0.1) is 0 Å². The molecule has 3 aromatic rings. The third-order valence-corrected chi connectivity index (χ3v) is 6.33. The summed E-state index contributed by atoms with van der Waals surface area (Å²) in [5, 5.41) is 3.42. The molecule has 3 aromatic heterocycles. The first-order chi connectivity index (χ1) is 12.6. The van der Waals surface area contributed by atoms with Gasteiger partial charge in [-0.3, -0.25) is 0 Å². The molecule has 0 atom stereocenters. The summed E-state index contributed by atoms with van der Waals surface area (Å²) < 4.78 is 85.8. The minimum Gasteiger partial charge on any atom is -0.479 e. The Morgan fingerprint density at radius 1 is 0.704 bits per heavy atom. The van der Waals surface area contributed by atoms with Crippen molar-refractivity contribution >= 4 is 34.0 Å². The number of halogens is 6. The average molecular weight is 444 g/mol. The summed E-state index contributed by atoms with van der Waals surface area (Å²) in [6, 6.07) is 6.69.